The lowest BCUT2D eigenvalue weighted by atomic mass is 10.3. The van der Waals surface area contributed by atoms with Crippen LogP contribution in [0, 0.1) is 0 Å². The molecule has 0 aliphatic carbocycles. The standard InChI is InChI=1S/C18H13BrF2N4O2S/c1-10-15(28-18-23-22-17(16(20)21)25(18)24-10)8-13-5-6-14(27-13)9-26-12-4-2-3-11(19)7-12/h2-8,16H,9H2,1H3/b15-8+. The second-order valence-electron chi connectivity index (χ2n) is 5.80. The van der Waals surface area contributed by atoms with Gasteiger partial charge in [0.25, 0.3) is 6.43 Å². The van der Waals surface area contributed by atoms with Crippen molar-refractivity contribution in [3.8, 4) is 5.75 Å². The summed E-state index contributed by atoms with van der Waals surface area (Å²) in [5.41, 5.74) is 0.572. The highest BCUT2D eigenvalue weighted by Crippen LogP contribution is 2.34. The summed E-state index contributed by atoms with van der Waals surface area (Å²) in [6, 6.07) is 11.2. The summed E-state index contributed by atoms with van der Waals surface area (Å²) < 4.78 is 39.3. The van der Waals surface area contributed by atoms with Crippen LogP contribution in [-0.2, 0) is 6.61 Å². The van der Waals surface area contributed by atoms with Gasteiger partial charge in [0.1, 0.15) is 23.9 Å². The van der Waals surface area contributed by atoms with Gasteiger partial charge < -0.3 is 9.15 Å². The summed E-state index contributed by atoms with van der Waals surface area (Å²) in [6.45, 7) is 2.02. The molecule has 4 rings (SSSR count). The highest BCUT2D eigenvalue weighted by molar-refractivity contribution is 9.10. The molecule has 144 valence electrons. The molecule has 0 saturated carbocycles. The largest absolute Gasteiger partial charge is 0.486 e. The molecule has 1 aromatic carbocycles. The third kappa shape index (κ3) is 4.02. The number of allylic oxidation sites excluding steroid dienone is 1. The van der Waals surface area contributed by atoms with Gasteiger partial charge in [-0.05, 0) is 55.1 Å². The van der Waals surface area contributed by atoms with Crippen LogP contribution in [0.25, 0.3) is 6.08 Å². The lowest BCUT2D eigenvalue weighted by molar-refractivity contribution is 0.135. The number of hydrogen-bond acceptors (Lipinski definition) is 6. The Labute approximate surface area is 171 Å². The smallest absolute Gasteiger partial charge is 0.299 e. The summed E-state index contributed by atoms with van der Waals surface area (Å²) in [7, 11) is 0. The predicted molar refractivity (Wildman–Crippen MR) is 105 cm³/mol. The molecule has 1 aliphatic rings. The van der Waals surface area contributed by atoms with Gasteiger partial charge in [0, 0.05) is 9.38 Å². The van der Waals surface area contributed by atoms with Crippen LogP contribution in [0.2, 0.25) is 0 Å². The topological polar surface area (TPSA) is 65.4 Å². The molecule has 0 amide bonds. The second kappa shape index (κ2) is 7.88. The fourth-order valence-corrected chi connectivity index (χ4v) is 3.71. The molecule has 0 atom stereocenters. The van der Waals surface area contributed by atoms with E-state index in [-0.39, 0.29) is 11.8 Å². The zero-order chi connectivity index (χ0) is 19.7. The number of rotatable bonds is 5. The molecule has 1 aliphatic heterocycles. The molecule has 3 heterocycles. The maximum Gasteiger partial charge on any atom is 0.299 e. The van der Waals surface area contributed by atoms with E-state index in [0.29, 0.717) is 17.2 Å². The van der Waals surface area contributed by atoms with Crippen molar-refractivity contribution < 1.29 is 17.9 Å². The number of aromatic nitrogens is 3. The number of alkyl halides is 2. The van der Waals surface area contributed by atoms with Crippen LogP contribution in [-0.4, -0.2) is 20.6 Å². The molecule has 0 spiro atoms. The van der Waals surface area contributed by atoms with Gasteiger partial charge in [-0.2, -0.15) is 9.78 Å². The molecule has 0 N–H and O–H groups in total. The van der Waals surface area contributed by atoms with Crippen molar-refractivity contribution >= 4 is 39.5 Å². The van der Waals surface area contributed by atoms with Gasteiger partial charge in [0.05, 0.1) is 5.71 Å². The van der Waals surface area contributed by atoms with E-state index in [1.165, 1.54) is 11.8 Å². The summed E-state index contributed by atoms with van der Waals surface area (Å²) in [4.78, 5) is 0.745. The van der Waals surface area contributed by atoms with Crippen LogP contribution < -0.4 is 4.74 Å². The van der Waals surface area contributed by atoms with Crippen LogP contribution in [0.4, 0.5) is 8.78 Å². The lowest BCUT2D eigenvalue weighted by Gasteiger charge is -2.13. The molecule has 2 aromatic heterocycles. The van der Waals surface area contributed by atoms with Gasteiger partial charge in [-0.15, -0.1) is 10.2 Å². The van der Waals surface area contributed by atoms with Crippen LogP contribution >= 0.6 is 27.7 Å². The van der Waals surface area contributed by atoms with E-state index in [2.05, 4.69) is 31.2 Å². The van der Waals surface area contributed by atoms with Gasteiger partial charge in [-0.25, -0.2) is 8.78 Å². The zero-order valence-electron chi connectivity index (χ0n) is 14.5. The Balaban J connectivity index is 1.48. The number of thioether (sulfide) groups is 1. The Morgan fingerprint density at radius 1 is 1.29 bits per heavy atom. The molecule has 10 heteroatoms. The van der Waals surface area contributed by atoms with E-state index in [1.807, 2.05) is 36.4 Å². The minimum absolute atomic E-state index is 0.284. The summed E-state index contributed by atoms with van der Waals surface area (Å²) in [6.07, 6.45) is -0.950. The fraction of sp³-hybridized carbons (Fsp3) is 0.167. The molecule has 0 bridgehead atoms. The highest BCUT2D eigenvalue weighted by atomic mass is 79.9. The number of nitrogens with zero attached hydrogens (tertiary/aromatic N) is 4. The fourth-order valence-electron chi connectivity index (χ4n) is 2.47. The minimum Gasteiger partial charge on any atom is -0.486 e. The van der Waals surface area contributed by atoms with Crippen molar-refractivity contribution in [1.82, 2.24) is 14.9 Å². The Morgan fingerprint density at radius 3 is 2.93 bits per heavy atom. The van der Waals surface area contributed by atoms with Crippen molar-refractivity contribution in [3.05, 3.63) is 63.1 Å². The van der Waals surface area contributed by atoms with E-state index in [0.717, 1.165) is 19.8 Å². The third-order valence-electron chi connectivity index (χ3n) is 3.77. The van der Waals surface area contributed by atoms with Gasteiger partial charge >= 0.3 is 0 Å². The van der Waals surface area contributed by atoms with E-state index in [4.69, 9.17) is 9.15 Å². The van der Waals surface area contributed by atoms with Crippen LogP contribution in [0.15, 0.2) is 60.5 Å². The molecular weight excluding hydrogens is 454 g/mol. The molecule has 6 nitrogen and oxygen atoms in total. The van der Waals surface area contributed by atoms with Gasteiger partial charge in [-0.3, -0.25) is 0 Å². The quantitative estimate of drug-likeness (QED) is 0.495. The maximum absolute atomic E-state index is 12.9. The Morgan fingerprint density at radius 2 is 2.14 bits per heavy atom. The highest BCUT2D eigenvalue weighted by Gasteiger charge is 2.25. The average Bonchev–Trinajstić information content (AvgIpc) is 3.27. The molecule has 0 unspecified atom stereocenters. The first-order valence-corrected chi connectivity index (χ1v) is 9.76. The first-order chi connectivity index (χ1) is 13.5. The first-order valence-electron chi connectivity index (χ1n) is 8.15. The monoisotopic (exact) mass is 466 g/mol. The van der Waals surface area contributed by atoms with Crippen molar-refractivity contribution in [2.45, 2.75) is 25.1 Å². The van der Waals surface area contributed by atoms with Crippen molar-refractivity contribution in [2.75, 3.05) is 0 Å². The van der Waals surface area contributed by atoms with Crippen molar-refractivity contribution in [2.24, 2.45) is 5.10 Å². The number of benzene rings is 1. The van der Waals surface area contributed by atoms with Crippen molar-refractivity contribution in [3.63, 3.8) is 0 Å². The van der Waals surface area contributed by atoms with Gasteiger partial charge in [0.2, 0.25) is 11.0 Å². The Bertz CT molecular complexity index is 1080. The summed E-state index contributed by atoms with van der Waals surface area (Å²) in [5, 5.41) is 11.7. The molecule has 28 heavy (non-hydrogen) atoms. The predicted octanol–water partition coefficient (Wildman–Crippen LogP) is 5.52. The van der Waals surface area contributed by atoms with Crippen LogP contribution in [0.5, 0.6) is 5.75 Å². The third-order valence-corrected chi connectivity index (χ3v) is 5.34. The number of furan rings is 1. The number of halogens is 3. The molecule has 3 aromatic rings. The molecule has 0 radical (unpaired) electrons. The number of fused-ring (bicyclic) bond motifs is 1. The maximum atomic E-state index is 12.9. The van der Waals surface area contributed by atoms with E-state index in [1.54, 1.807) is 13.0 Å². The molecule has 0 saturated heterocycles. The van der Waals surface area contributed by atoms with E-state index < -0.39 is 12.2 Å². The SMILES string of the molecule is CC1=Nn2c(nnc2C(F)F)S/C1=C/c1ccc(COc2cccc(Br)c2)o1. The Hall–Kier alpha value is -2.46. The average molecular weight is 467 g/mol. The second-order valence-corrected chi connectivity index (χ2v) is 7.72. The summed E-state index contributed by atoms with van der Waals surface area (Å²) in [5.74, 6) is 1.52. The van der Waals surface area contributed by atoms with Crippen LogP contribution in [0.1, 0.15) is 30.7 Å². The van der Waals surface area contributed by atoms with Gasteiger partial charge in [-0.1, -0.05) is 22.0 Å². The van der Waals surface area contributed by atoms with E-state index >= 15 is 0 Å². The van der Waals surface area contributed by atoms with E-state index in [9.17, 15) is 8.78 Å². The van der Waals surface area contributed by atoms with Crippen LogP contribution in [0.3, 0.4) is 0 Å². The van der Waals surface area contributed by atoms with Crippen molar-refractivity contribution in [1.29, 1.82) is 0 Å². The molecular formula is C18H13BrF2N4O2S. The molecule has 0 fully saturated rings. The minimum atomic E-state index is -2.73. The lowest BCUT2D eigenvalue weighted by Crippen LogP contribution is -2.09. The normalized spacial score (nSPS) is 15.0. The number of ether oxygens (including phenoxy) is 1. The number of hydrogen-bond donors (Lipinski definition) is 0. The van der Waals surface area contributed by atoms with Gasteiger partial charge in [0.15, 0.2) is 0 Å². The first kappa shape index (κ1) is 18.9. The zero-order valence-corrected chi connectivity index (χ0v) is 16.9. The summed E-state index contributed by atoms with van der Waals surface area (Å²) >= 11 is 4.61. The Kier molecular flexibility index (Phi) is 5.31.